The van der Waals surface area contributed by atoms with Crippen molar-refractivity contribution in [3.63, 3.8) is 0 Å². The van der Waals surface area contributed by atoms with Gasteiger partial charge in [-0.3, -0.25) is 0 Å². The Morgan fingerprint density at radius 1 is 1.29 bits per heavy atom. The summed E-state index contributed by atoms with van der Waals surface area (Å²) in [6.07, 6.45) is 7.32. The van der Waals surface area contributed by atoms with E-state index in [1.165, 1.54) is 12.8 Å². The first-order valence-corrected chi connectivity index (χ1v) is 6.36. The van der Waals surface area contributed by atoms with E-state index in [1.807, 2.05) is 29.0 Å². The summed E-state index contributed by atoms with van der Waals surface area (Å²) in [5, 5.41) is 4.32. The first-order chi connectivity index (χ1) is 8.18. The van der Waals surface area contributed by atoms with Gasteiger partial charge in [0.05, 0.1) is 11.7 Å². The van der Waals surface area contributed by atoms with Crippen LogP contribution < -0.4 is 5.73 Å². The first-order valence-electron chi connectivity index (χ1n) is 6.36. The van der Waals surface area contributed by atoms with E-state index in [0.29, 0.717) is 0 Å². The Hall–Kier alpha value is -1.35. The van der Waals surface area contributed by atoms with Crippen LogP contribution in [0.15, 0.2) is 30.6 Å². The molecule has 0 aliphatic heterocycles. The summed E-state index contributed by atoms with van der Waals surface area (Å²) in [4.78, 5) is 0. The van der Waals surface area contributed by atoms with Gasteiger partial charge in [0.1, 0.15) is 0 Å². The van der Waals surface area contributed by atoms with Gasteiger partial charge < -0.3 is 5.73 Å². The molecule has 3 heteroatoms. The molecule has 0 bridgehead atoms. The Morgan fingerprint density at radius 3 is 2.88 bits per heavy atom. The van der Waals surface area contributed by atoms with Crippen molar-refractivity contribution in [2.24, 2.45) is 11.7 Å². The summed E-state index contributed by atoms with van der Waals surface area (Å²) in [7, 11) is 0. The largest absolute Gasteiger partial charge is 0.324 e. The van der Waals surface area contributed by atoms with Crippen LogP contribution in [0.3, 0.4) is 0 Å². The normalized spacial score (nSPS) is 13.4. The van der Waals surface area contributed by atoms with Crippen molar-refractivity contribution in [2.75, 3.05) is 0 Å². The smallest absolute Gasteiger partial charge is 0.0709 e. The van der Waals surface area contributed by atoms with E-state index < -0.39 is 0 Å². The maximum absolute atomic E-state index is 6.24. The van der Waals surface area contributed by atoms with Gasteiger partial charge in [-0.1, -0.05) is 32.8 Å². The Balaban J connectivity index is 2.06. The van der Waals surface area contributed by atoms with Gasteiger partial charge in [0.2, 0.25) is 0 Å². The summed E-state index contributed by atoms with van der Waals surface area (Å²) in [5.74, 6) is 0.756. The number of pyridine rings is 1. The highest BCUT2D eigenvalue weighted by Crippen LogP contribution is 2.22. The van der Waals surface area contributed by atoms with Crippen molar-refractivity contribution < 1.29 is 0 Å². The second-order valence-corrected chi connectivity index (χ2v) is 5.06. The predicted molar refractivity (Wildman–Crippen MR) is 70.8 cm³/mol. The first kappa shape index (κ1) is 12.1. The monoisotopic (exact) mass is 231 g/mol. The van der Waals surface area contributed by atoms with Crippen LogP contribution in [0.4, 0.5) is 0 Å². The second kappa shape index (κ2) is 5.32. The lowest BCUT2D eigenvalue weighted by molar-refractivity contribution is 0.506. The highest BCUT2D eigenvalue weighted by molar-refractivity contribution is 5.54. The maximum atomic E-state index is 6.24. The van der Waals surface area contributed by atoms with Crippen LogP contribution in [0.5, 0.6) is 0 Å². The minimum atomic E-state index is 0.105. The summed E-state index contributed by atoms with van der Waals surface area (Å²) in [5.41, 5.74) is 8.53. The maximum Gasteiger partial charge on any atom is 0.0709 e. The summed E-state index contributed by atoms with van der Waals surface area (Å²) in [6, 6.07) is 6.19. The highest BCUT2D eigenvalue weighted by Gasteiger charge is 2.11. The van der Waals surface area contributed by atoms with Crippen molar-refractivity contribution in [2.45, 2.75) is 39.2 Å². The average molecular weight is 231 g/mol. The molecule has 3 nitrogen and oxygen atoms in total. The molecule has 2 N–H and O–H groups in total. The van der Waals surface area contributed by atoms with Gasteiger partial charge in [-0.15, -0.1) is 0 Å². The number of fused-ring (bicyclic) bond motifs is 1. The summed E-state index contributed by atoms with van der Waals surface area (Å²) >= 11 is 0. The molecule has 0 aliphatic rings. The molecule has 2 rings (SSSR count). The minimum Gasteiger partial charge on any atom is -0.324 e. The lowest BCUT2D eigenvalue weighted by atomic mass is 9.99. The van der Waals surface area contributed by atoms with Crippen LogP contribution in [0, 0.1) is 5.92 Å². The van der Waals surface area contributed by atoms with Crippen LogP contribution in [0.2, 0.25) is 0 Å². The molecular formula is C14H21N3. The molecule has 2 aromatic rings. The fraction of sp³-hybridized carbons (Fsp3) is 0.500. The zero-order valence-corrected chi connectivity index (χ0v) is 10.6. The number of hydrogen-bond acceptors (Lipinski definition) is 2. The number of hydrogen-bond donors (Lipinski definition) is 1. The topological polar surface area (TPSA) is 43.3 Å². The lowest BCUT2D eigenvalue weighted by Gasteiger charge is -2.11. The molecule has 0 spiro atoms. The Kier molecular flexibility index (Phi) is 3.79. The molecule has 0 radical (unpaired) electrons. The number of rotatable bonds is 5. The zero-order chi connectivity index (χ0) is 12.3. The van der Waals surface area contributed by atoms with Gasteiger partial charge in [-0.2, -0.15) is 5.10 Å². The third-order valence-electron chi connectivity index (χ3n) is 3.15. The quantitative estimate of drug-likeness (QED) is 0.859. The molecule has 0 aliphatic carbocycles. The Bertz CT molecular complexity index is 473. The van der Waals surface area contributed by atoms with Gasteiger partial charge >= 0.3 is 0 Å². The van der Waals surface area contributed by atoms with Gasteiger partial charge in [0.25, 0.3) is 0 Å². The molecule has 0 saturated heterocycles. The molecule has 1 unspecified atom stereocenters. The van der Waals surface area contributed by atoms with Crippen molar-refractivity contribution in [1.29, 1.82) is 0 Å². The van der Waals surface area contributed by atoms with Gasteiger partial charge in [-0.05, 0) is 24.5 Å². The van der Waals surface area contributed by atoms with E-state index in [-0.39, 0.29) is 6.04 Å². The van der Waals surface area contributed by atoms with E-state index in [2.05, 4.69) is 25.0 Å². The lowest BCUT2D eigenvalue weighted by Crippen LogP contribution is -2.10. The van der Waals surface area contributed by atoms with Crippen LogP contribution in [0.25, 0.3) is 5.52 Å². The number of aromatic nitrogens is 2. The minimum absolute atomic E-state index is 0.105. The molecule has 92 valence electrons. The fourth-order valence-electron chi connectivity index (χ4n) is 2.14. The van der Waals surface area contributed by atoms with E-state index in [4.69, 9.17) is 5.73 Å². The molecule has 0 saturated carbocycles. The standard InChI is InChI=1S/C14H21N3/c1-11(2)6-5-7-13(15)12-10-16-17-9-4-3-8-14(12)17/h3-4,8-11,13H,5-7,15H2,1-2H3. The predicted octanol–water partition coefficient (Wildman–Crippen LogP) is 3.16. The number of nitrogens with zero attached hydrogens (tertiary/aromatic N) is 2. The molecule has 2 heterocycles. The van der Waals surface area contributed by atoms with Crippen molar-refractivity contribution in [1.82, 2.24) is 9.61 Å². The van der Waals surface area contributed by atoms with Crippen LogP contribution in [-0.2, 0) is 0 Å². The van der Waals surface area contributed by atoms with Crippen molar-refractivity contribution >= 4 is 5.52 Å². The van der Waals surface area contributed by atoms with E-state index in [1.54, 1.807) is 0 Å². The van der Waals surface area contributed by atoms with Crippen LogP contribution in [0.1, 0.15) is 44.7 Å². The van der Waals surface area contributed by atoms with Gasteiger partial charge in [0.15, 0.2) is 0 Å². The van der Waals surface area contributed by atoms with Gasteiger partial charge in [-0.25, -0.2) is 4.52 Å². The zero-order valence-electron chi connectivity index (χ0n) is 10.6. The van der Waals surface area contributed by atoms with E-state index in [0.717, 1.165) is 23.4 Å². The molecule has 17 heavy (non-hydrogen) atoms. The second-order valence-electron chi connectivity index (χ2n) is 5.06. The number of nitrogens with two attached hydrogens (primary N) is 1. The molecule has 0 amide bonds. The Labute approximate surface area is 103 Å². The highest BCUT2D eigenvalue weighted by atomic mass is 15.2. The van der Waals surface area contributed by atoms with E-state index >= 15 is 0 Å². The Morgan fingerprint density at radius 2 is 2.12 bits per heavy atom. The summed E-state index contributed by atoms with van der Waals surface area (Å²) in [6.45, 7) is 4.50. The van der Waals surface area contributed by atoms with Crippen molar-refractivity contribution in [3.8, 4) is 0 Å². The van der Waals surface area contributed by atoms with Gasteiger partial charge in [0, 0.05) is 17.8 Å². The SMILES string of the molecule is CC(C)CCCC(N)c1cnn2ccccc12. The van der Waals surface area contributed by atoms with Crippen LogP contribution >= 0.6 is 0 Å². The molecule has 2 aromatic heterocycles. The van der Waals surface area contributed by atoms with Crippen LogP contribution in [-0.4, -0.2) is 9.61 Å². The average Bonchev–Trinajstić information content (AvgIpc) is 2.72. The molecule has 0 aromatic carbocycles. The fourth-order valence-corrected chi connectivity index (χ4v) is 2.14. The summed E-state index contributed by atoms with van der Waals surface area (Å²) < 4.78 is 1.89. The molecule has 1 atom stereocenters. The van der Waals surface area contributed by atoms with Crippen molar-refractivity contribution in [3.05, 3.63) is 36.2 Å². The van der Waals surface area contributed by atoms with E-state index in [9.17, 15) is 0 Å². The third kappa shape index (κ3) is 2.86. The molecule has 0 fully saturated rings. The molecular weight excluding hydrogens is 210 g/mol. The third-order valence-corrected chi connectivity index (χ3v) is 3.15.